The van der Waals surface area contributed by atoms with Gasteiger partial charge in [-0.15, -0.1) is 0 Å². The number of fused-ring (bicyclic) bond motifs is 1. The Labute approximate surface area is 146 Å². The molecule has 0 unspecified atom stereocenters. The lowest BCUT2D eigenvalue weighted by atomic mass is 10.2. The number of hydrogen-bond acceptors (Lipinski definition) is 4. The Morgan fingerprint density at radius 1 is 1.08 bits per heavy atom. The number of ether oxygens (including phenoxy) is 3. The summed E-state index contributed by atoms with van der Waals surface area (Å²) in [7, 11) is 1.35. The van der Waals surface area contributed by atoms with Crippen LogP contribution in [-0.2, 0) is 11.3 Å². The van der Waals surface area contributed by atoms with Crippen molar-refractivity contribution in [2.45, 2.75) is 13.5 Å². The summed E-state index contributed by atoms with van der Waals surface area (Å²) in [5, 5.41) is 1.21. The molecule has 130 valence electrons. The monoisotopic (exact) mass is 339 g/mol. The topological polar surface area (TPSA) is 49.7 Å². The molecule has 0 radical (unpaired) electrons. The number of nitrogens with zero attached hydrogens (tertiary/aromatic N) is 1. The Kier molecular flexibility index (Phi) is 5.23. The van der Waals surface area contributed by atoms with Crippen molar-refractivity contribution in [3.05, 3.63) is 60.3 Å². The first-order chi connectivity index (χ1) is 12.2. The van der Waals surface area contributed by atoms with Gasteiger partial charge >= 0.3 is 5.97 Å². The molecule has 0 atom stereocenters. The van der Waals surface area contributed by atoms with E-state index in [-0.39, 0.29) is 0 Å². The maximum atomic E-state index is 11.8. The van der Waals surface area contributed by atoms with Crippen molar-refractivity contribution in [1.29, 1.82) is 0 Å². The number of hydrogen-bond donors (Lipinski definition) is 0. The predicted octanol–water partition coefficient (Wildman–Crippen LogP) is 3.91. The van der Waals surface area contributed by atoms with Crippen LogP contribution in [0.15, 0.2) is 54.7 Å². The van der Waals surface area contributed by atoms with Crippen LogP contribution in [-0.4, -0.2) is 30.9 Å². The number of carbonyl (C=O) groups excluding carboxylic acids is 1. The highest BCUT2D eigenvalue weighted by Gasteiger charge is 2.14. The Balaban J connectivity index is 1.68. The molecule has 5 nitrogen and oxygen atoms in total. The van der Waals surface area contributed by atoms with Gasteiger partial charge in [0.25, 0.3) is 0 Å². The van der Waals surface area contributed by atoms with Crippen LogP contribution in [0.1, 0.15) is 17.3 Å². The summed E-state index contributed by atoms with van der Waals surface area (Å²) in [6.45, 7) is 3.58. The summed E-state index contributed by atoms with van der Waals surface area (Å²) in [5.74, 6) is 0.708. The molecular weight excluding hydrogens is 318 g/mol. The van der Waals surface area contributed by atoms with E-state index in [4.69, 9.17) is 14.2 Å². The van der Waals surface area contributed by atoms with Crippen molar-refractivity contribution >= 4 is 16.9 Å². The molecule has 0 aliphatic heterocycles. The summed E-state index contributed by atoms with van der Waals surface area (Å²) >= 11 is 0. The standard InChI is InChI=1S/C20H21NO4/c1-3-24-19-14-16(8-9-17(19)20(22)23-2)25-13-12-21-11-10-15-6-4-5-7-18(15)21/h4-11,14H,3,12-13H2,1-2H3. The zero-order valence-corrected chi connectivity index (χ0v) is 14.4. The second-order valence-corrected chi connectivity index (χ2v) is 5.50. The van der Waals surface area contributed by atoms with Gasteiger partial charge in [0.2, 0.25) is 0 Å². The number of aromatic nitrogens is 1. The van der Waals surface area contributed by atoms with E-state index in [9.17, 15) is 4.79 Å². The first kappa shape index (κ1) is 16.9. The molecule has 0 saturated carbocycles. The summed E-state index contributed by atoms with van der Waals surface area (Å²) in [4.78, 5) is 11.8. The summed E-state index contributed by atoms with van der Waals surface area (Å²) in [6, 6.07) is 15.5. The molecule has 0 bridgehead atoms. The zero-order chi connectivity index (χ0) is 17.6. The number of para-hydroxylation sites is 1. The van der Waals surface area contributed by atoms with Gasteiger partial charge in [0.1, 0.15) is 23.7 Å². The van der Waals surface area contributed by atoms with E-state index in [2.05, 4.69) is 29.0 Å². The molecule has 1 heterocycles. The van der Waals surface area contributed by atoms with E-state index in [1.807, 2.05) is 19.1 Å². The smallest absolute Gasteiger partial charge is 0.341 e. The largest absolute Gasteiger partial charge is 0.493 e. The average molecular weight is 339 g/mol. The van der Waals surface area contributed by atoms with Crippen molar-refractivity contribution in [2.75, 3.05) is 20.3 Å². The van der Waals surface area contributed by atoms with Crippen LogP contribution >= 0.6 is 0 Å². The summed E-state index contributed by atoms with van der Waals surface area (Å²) < 4.78 is 18.3. The van der Waals surface area contributed by atoms with Crippen LogP contribution in [0.3, 0.4) is 0 Å². The van der Waals surface area contributed by atoms with Gasteiger partial charge in [-0.2, -0.15) is 0 Å². The number of esters is 1. The number of carbonyl (C=O) groups is 1. The van der Waals surface area contributed by atoms with Crippen LogP contribution in [0.2, 0.25) is 0 Å². The van der Waals surface area contributed by atoms with Gasteiger partial charge in [0.15, 0.2) is 0 Å². The molecule has 0 aliphatic rings. The fourth-order valence-electron chi connectivity index (χ4n) is 2.74. The Hall–Kier alpha value is -2.95. The molecule has 0 fully saturated rings. The van der Waals surface area contributed by atoms with Crippen molar-refractivity contribution in [3.63, 3.8) is 0 Å². The normalized spacial score (nSPS) is 10.6. The quantitative estimate of drug-likeness (QED) is 0.613. The third-order valence-electron chi connectivity index (χ3n) is 3.94. The molecule has 2 aromatic carbocycles. The average Bonchev–Trinajstić information content (AvgIpc) is 3.05. The van der Waals surface area contributed by atoms with Gasteiger partial charge < -0.3 is 18.8 Å². The van der Waals surface area contributed by atoms with E-state index < -0.39 is 5.97 Å². The number of methoxy groups -OCH3 is 1. The minimum Gasteiger partial charge on any atom is -0.493 e. The lowest BCUT2D eigenvalue weighted by molar-refractivity contribution is 0.0596. The van der Waals surface area contributed by atoms with Crippen LogP contribution < -0.4 is 9.47 Å². The molecule has 5 heteroatoms. The molecule has 25 heavy (non-hydrogen) atoms. The fraction of sp³-hybridized carbons (Fsp3) is 0.250. The van der Waals surface area contributed by atoms with Gasteiger partial charge in [-0.05, 0) is 36.6 Å². The maximum Gasteiger partial charge on any atom is 0.341 e. The van der Waals surface area contributed by atoms with Gasteiger partial charge in [-0.1, -0.05) is 18.2 Å². The highest BCUT2D eigenvalue weighted by Crippen LogP contribution is 2.26. The highest BCUT2D eigenvalue weighted by atomic mass is 16.5. The van der Waals surface area contributed by atoms with Crippen molar-refractivity contribution in [3.8, 4) is 11.5 Å². The second-order valence-electron chi connectivity index (χ2n) is 5.50. The Morgan fingerprint density at radius 2 is 1.92 bits per heavy atom. The molecule has 0 amide bonds. The lowest BCUT2D eigenvalue weighted by Crippen LogP contribution is -2.09. The van der Waals surface area contributed by atoms with Crippen LogP contribution in [0.4, 0.5) is 0 Å². The molecule has 1 aromatic heterocycles. The minimum absolute atomic E-state index is 0.396. The SMILES string of the molecule is CCOc1cc(OCCn2ccc3ccccc32)ccc1C(=O)OC. The minimum atomic E-state index is -0.422. The summed E-state index contributed by atoms with van der Waals surface area (Å²) in [6.07, 6.45) is 2.06. The van der Waals surface area contributed by atoms with Gasteiger partial charge in [-0.25, -0.2) is 4.79 Å². The third-order valence-corrected chi connectivity index (χ3v) is 3.94. The van der Waals surface area contributed by atoms with Crippen molar-refractivity contribution in [2.24, 2.45) is 0 Å². The third kappa shape index (κ3) is 3.76. The molecule has 0 aliphatic carbocycles. The van der Waals surface area contributed by atoms with E-state index in [0.29, 0.717) is 30.3 Å². The number of benzene rings is 2. The second kappa shape index (κ2) is 7.75. The molecule has 0 spiro atoms. The van der Waals surface area contributed by atoms with E-state index >= 15 is 0 Å². The first-order valence-corrected chi connectivity index (χ1v) is 8.24. The lowest BCUT2D eigenvalue weighted by Gasteiger charge is -2.12. The Bertz CT molecular complexity index is 869. The fourth-order valence-corrected chi connectivity index (χ4v) is 2.74. The van der Waals surface area contributed by atoms with Crippen molar-refractivity contribution < 1.29 is 19.0 Å². The molecule has 0 N–H and O–H groups in total. The first-order valence-electron chi connectivity index (χ1n) is 8.24. The van der Waals surface area contributed by atoms with Crippen LogP contribution in [0.5, 0.6) is 11.5 Å². The van der Waals surface area contributed by atoms with Crippen molar-refractivity contribution in [1.82, 2.24) is 4.57 Å². The van der Waals surface area contributed by atoms with Gasteiger partial charge in [-0.3, -0.25) is 0 Å². The van der Waals surface area contributed by atoms with E-state index in [1.165, 1.54) is 18.0 Å². The van der Waals surface area contributed by atoms with E-state index in [0.717, 1.165) is 6.54 Å². The summed E-state index contributed by atoms with van der Waals surface area (Å²) in [5.41, 5.74) is 1.58. The van der Waals surface area contributed by atoms with E-state index in [1.54, 1.807) is 18.2 Å². The molecule has 3 aromatic rings. The van der Waals surface area contributed by atoms with Crippen LogP contribution in [0.25, 0.3) is 10.9 Å². The molecule has 3 rings (SSSR count). The predicted molar refractivity (Wildman–Crippen MR) is 96.4 cm³/mol. The highest BCUT2D eigenvalue weighted by molar-refractivity contribution is 5.92. The van der Waals surface area contributed by atoms with Crippen LogP contribution in [0, 0.1) is 0 Å². The van der Waals surface area contributed by atoms with Gasteiger partial charge in [0.05, 0.1) is 20.3 Å². The maximum absolute atomic E-state index is 11.8. The van der Waals surface area contributed by atoms with Gasteiger partial charge in [0, 0.05) is 17.8 Å². The Morgan fingerprint density at radius 3 is 2.72 bits per heavy atom. The molecule has 0 saturated heterocycles. The molecular formula is C20H21NO4. The zero-order valence-electron chi connectivity index (χ0n) is 14.4. The number of rotatable bonds is 7.